The number of nitrogens with zero attached hydrogens (tertiary/aromatic N) is 2. The molecule has 108 heavy (non-hydrogen) atoms. The van der Waals surface area contributed by atoms with Crippen LogP contribution in [0, 0.1) is 62.2 Å². The molecule has 4 heterocycles. The summed E-state index contributed by atoms with van der Waals surface area (Å²) in [6.45, 7) is 24.7. The topological polar surface area (TPSA) is 371 Å². The monoisotopic (exact) mass is 1500 g/mol. The summed E-state index contributed by atoms with van der Waals surface area (Å²) in [5.74, 6) is -7.31. The molecule has 26 nitrogen and oxygen atoms in total. The number of Topliss-reactive ketones (excluding diaryl/α,β-unsaturated/α-hetero) is 3. The number of fused-ring (bicyclic) bond motifs is 2. The van der Waals surface area contributed by atoms with Gasteiger partial charge in [-0.25, -0.2) is 9.59 Å². The van der Waals surface area contributed by atoms with Gasteiger partial charge in [0, 0.05) is 47.4 Å². The Morgan fingerprint density at radius 3 is 1.24 bits per heavy atom. The first-order valence-corrected chi connectivity index (χ1v) is 40.6. The second-order valence-corrected chi connectivity index (χ2v) is 34.7. The van der Waals surface area contributed by atoms with E-state index in [1.54, 1.807) is 37.5 Å². The molecule has 0 radical (unpaired) electrons. The van der Waals surface area contributed by atoms with Gasteiger partial charge in [-0.05, 0) is 178 Å². The van der Waals surface area contributed by atoms with Gasteiger partial charge in [-0.15, -0.1) is 0 Å². The van der Waals surface area contributed by atoms with Gasteiger partial charge >= 0.3 is 11.9 Å². The predicted molar refractivity (Wildman–Crippen MR) is 404 cm³/mol. The second kappa shape index (κ2) is 36.4. The van der Waals surface area contributed by atoms with Gasteiger partial charge in [0.2, 0.25) is 29.4 Å². The number of hydrogen-bond donors (Lipinski definition) is 9. The number of hydrogen-bond acceptors (Lipinski definition) is 16. The lowest BCUT2D eigenvalue weighted by atomic mass is 9.82. The van der Waals surface area contributed by atoms with Gasteiger partial charge in [0.1, 0.15) is 35.6 Å². The van der Waals surface area contributed by atoms with Crippen LogP contribution >= 0.6 is 0 Å². The molecule has 26 heteroatoms. The number of esters is 2. The molecular weight excluding hydrogens is 1380 g/mol. The highest BCUT2D eigenvalue weighted by molar-refractivity contribution is 6.38. The maximum absolute atomic E-state index is 14.9. The van der Waals surface area contributed by atoms with Crippen molar-refractivity contribution < 1.29 is 76.9 Å². The molecule has 2 saturated heterocycles. The number of aryl methyl sites for hydroxylation is 2. The van der Waals surface area contributed by atoms with E-state index in [1.165, 1.54) is 13.8 Å². The Labute approximate surface area is 637 Å². The Hall–Kier alpha value is -7.77. The minimum atomic E-state index is -1.42. The van der Waals surface area contributed by atoms with Gasteiger partial charge in [0.25, 0.3) is 23.6 Å². The fraction of sp³-hybridized carbons (Fsp3) is 0.744. The molecule has 5 unspecified atom stereocenters. The number of aliphatic hydroxyl groups is 1. The zero-order valence-corrected chi connectivity index (χ0v) is 66.6. The molecule has 2 aromatic heterocycles. The molecule has 0 aromatic carbocycles. The SMILES string of the molecule is CCC[C@H](NC(=O)[C@@H]1CC2CCCCC2N1C(=O)[C@@H](NC(=O)[C@@H](OC(=O)c1[nH]c(C)c(C)c1C(C)=O)C1CCCCC1)C(C)(C)C)C(=O)C(=O)NC1CC1.CCC[C@H](NC(=O)[C@@H]1CC2CCCCC2N1C(=O)[C@@H](NC(=O)[C@@H](OC(=O)c1[nH]c(C)c(C)c1C(C)=O)C1CCCCC1)C(C)(C)C)C(O)C(=O)NC1CC1. The highest BCUT2D eigenvalue weighted by Gasteiger charge is 2.54. The van der Waals surface area contributed by atoms with E-state index in [2.05, 4.69) is 41.9 Å². The molecule has 0 spiro atoms. The maximum Gasteiger partial charge on any atom is 0.356 e. The van der Waals surface area contributed by atoms with Gasteiger partial charge in [-0.1, -0.05) is 132 Å². The largest absolute Gasteiger partial charge is 0.447 e. The normalized spacial score (nSPS) is 23.7. The molecule has 13 atom stereocenters. The summed E-state index contributed by atoms with van der Waals surface area (Å²) in [5, 5.41) is 28.3. The molecular formula is C82H124N10O16. The van der Waals surface area contributed by atoms with Crippen LogP contribution in [0.25, 0.3) is 0 Å². The maximum atomic E-state index is 14.9. The van der Waals surface area contributed by atoms with E-state index in [1.807, 2.05) is 55.4 Å². The summed E-state index contributed by atoms with van der Waals surface area (Å²) < 4.78 is 12.0. The van der Waals surface area contributed by atoms with E-state index in [0.29, 0.717) is 86.7 Å². The average Bonchev–Trinajstić information content (AvgIpc) is 1.58. The van der Waals surface area contributed by atoms with Crippen LogP contribution in [0.3, 0.4) is 0 Å². The average molecular weight is 1510 g/mol. The number of aromatic amines is 2. The predicted octanol–water partition coefficient (Wildman–Crippen LogP) is 9.32. The third-order valence-corrected chi connectivity index (χ3v) is 24.2. The van der Waals surface area contributed by atoms with E-state index in [4.69, 9.17) is 9.47 Å². The number of aromatic nitrogens is 2. The van der Waals surface area contributed by atoms with Crippen LogP contribution in [0.4, 0.5) is 0 Å². The molecule has 9 N–H and O–H groups in total. The van der Waals surface area contributed by atoms with Crippen LogP contribution in [0.1, 0.15) is 313 Å². The first-order valence-electron chi connectivity index (χ1n) is 40.6. The molecule has 8 amide bonds. The number of ketones is 3. The minimum Gasteiger partial charge on any atom is -0.447 e. The summed E-state index contributed by atoms with van der Waals surface area (Å²) in [4.78, 5) is 188. The highest BCUT2D eigenvalue weighted by atomic mass is 16.6. The quantitative estimate of drug-likeness (QED) is 0.0218. The van der Waals surface area contributed by atoms with Crippen molar-refractivity contribution in [3.8, 4) is 0 Å². The summed E-state index contributed by atoms with van der Waals surface area (Å²) in [6.07, 6.45) is 17.4. The number of amides is 8. The van der Waals surface area contributed by atoms with Crippen molar-refractivity contribution in [2.24, 2.45) is 34.5 Å². The molecule has 8 fully saturated rings. The molecule has 2 aliphatic heterocycles. The van der Waals surface area contributed by atoms with Crippen molar-refractivity contribution in [2.45, 2.75) is 355 Å². The molecule has 6 saturated carbocycles. The van der Waals surface area contributed by atoms with Gasteiger partial charge in [-0.3, -0.25) is 52.7 Å². The number of likely N-dealkylation sites (tertiary alicyclic amines) is 2. The zero-order chi connectivity index (χ0) is 79.0. The van der Waals surface area contributed by atoms with Crippen molar-refractivity contribution in [3.63, 3.8) is 0 Å². The van der Waals surface area contributed by atoms with E-state index in [9.17, 15) is 67.4 Å². The molecule has 8 aliphatic rings. The first kappa shape index (κ1) is 84.3. The Bertz CT molecular complexity index is 3650. The van der Waals surface area contributed by atoms with Crippen molar-refractivity contribution in [2.75, 3.05) is 0 Å². The van der Waals surface area contributed by atoms with Crippen LogP contribution in [-0.4, -0.2) is 180 Å². The van der Waals surface area contributed by atoms with Crippen LogP contribution < -0.4 is 31.9 Å². The number of carbonyl (C=O) groups excluding carboxylic acids is 13. The van der Waals surface area contributed by atoms with Crippen molar-refractivity contribution in [3.05, 3.63) is 45.0 Å². The second-order valence-electron chi connectivity index (χ2n) is 34.7. The fourth-order valence-corrected chi connectivity index (χ4v) is 17.7. The van der Waals surface area contributed by atoms with Crippen LogP contribution in [0.5, 0.6) is 0 Å². The van der Waals surface area contributed by atoms with Crippen molar-refractivity contribution >= 4 is 76.5 Å². The Morgan fingerprint density at radius 2 is 0.861 bits per heavy atom. The molecule has 598 valence electrons. The molecule has 6 aliphatic carbocycles. The first-order chi connectivity index (χ1) is 51.1. The number of ether oxygens (including phenoxy) is 2. The lowest BCUT2D eigenvalue weighted by Crippen LogP contribution is -2.62. The number of H-pyrrole nitrogens is 2. The van der Waals surface area contributed by atoms with Crippen LogP contribution in [0.2, 0.25) is 0 Å². The number of carbonyl (C=O) groups is 13. The van der Waals surface area contributed by atoms with Gasteiger partial charge < -0.3 is 66.2 Å². The lowest BCUT2D eigenvalue weighted by Gasteiger charge is -2.40. The van der Waals surface area contributed by atoms with Crippen LogP contribution in [-0.2, 0) is 52.6 Å². The summed E-state index contributed by atoms with van der Waals surface area (Å²) in [5.41, 5.74) is 1.49. The summed E-state index contributed by atoms with van der Waals surface area (Å²) >= 11 is 0. The van der Waals surface area contributed by atoms with E-state index in [-0.39, 0.29) is 94.2 Å². The Kier molecular flexibility index (Phi) is 28.4. The van der Waals surface area contributed by atoms with Crippen molar-refractivity contribution in [1.82, 2.24) is 51.7 Å². The lowest BCUT2D eigenvalue weighted by molar-refractivity contribution is -0.149. The van der Waals surface area contributed by atoms with Gasteiger partial charge in [0.05, 0.1) is 23.2 Å². The third-order valence-electron chi connectivity index (χ3n) is 24.2. The minimum absolute atomic E-state index is 0.00356. The van der Waals surface area contributed by atoms with E-state index < -0.39 is 124 Å². The number of rotatable bonds is 28. The van der Waals surface area contributed by atoms with Gasteiger partial charge in [0.15, 0.2) is 29.9 Å². The van der Waals surface area contributed by atoms with Crippen LogP contribution in [0.15, 0.2) is 0 Å². The molecule has 2 aromatic rings. The smallest absolute Gasteiger partial charge is 0.356 e. The van der Waals surface area contributed by atoms with E-state index >= 15 is 0 Å². The number of nitrogens with one attached hydrogen (secondary N) is 8. The highest BCUT2D eigenvalue weighted by Crippen LogP contribution is 2.44. The van der Waals surface area contributed by atoms with Crippen molar-refractivity contribution in [1.29, 1.82) is 0 Å². The summed E-state index contributed by atoms with van der Waals surface area (Å²) in [7, 11) is 0. The van der Waals surface area contributed by atoms with Gasteiger partial charge in [-0.2, -0.15) is 0 Å². The Balaban J connectivity index is 0.000000249. The Morgan fingerprint density at radius 1 is 0.481 bits per heavy atom. The standard InChI is InChI=1S/C41H63N5O8.C41H61N5O8/c2*1-8-14-28(33(48)37(50)43-27-19-20-27)44-36(49)30-21-26-17-12-13-18-29(26)46(30)39(52)35(41(5,6)7)45-38(51)34(25-15-10-9-11-16-25)54-40(53)32-31(24(4)47)22(2)23(3)42-32/h25-30,33-35,42,48H,8-21H2,1-7H3,(H,43,50)(H,44,49)(H,45,51);25-30,34-35,42H,8-21H2,1-7H3,(H,43,50)(H,44,49)(H,45,51)/t26?,28-,29?,30-,33?,34-,35+;26?,28-,29?,30-,34-,35+/m00/s1. The molecule has 0 bridgehead atoms. The number of aliphatic hydroxyl groups excluding tert-OH is 1. The fourth-order valence-electron chi connectivity index (χ4n) is 17.7. The van der Waals surface area contributed by atoms with E-state index in [0.717, 1.165) is 109 Å². The zero-order valence-electron chi connectivity index (χ0n) is 66.6. The third kappa shape index (κ3) is 20.2. The molecule has 10 rings (SSSR count). The summed E-state index contributed by atoms with van der Waals surface area (Å²) in [6, 6.07) is -6.07.